The number of carbonyl (C=O) groups excluding carboxylic acids is 1. The molecule has 1 aromatic carbocycles. The fourth-order valence-corrected chi connectivity index (χ4v) is 7.34. The number of halogens is 3. The van der Waals surface area contributed by atoms with Gasteiger partial charge in [0, 0.05) is 32.0 Å². The van der Waals surface area contributed by atoms with Crippen LogP contribution in [0, 0.1) is 17.2 Å². The van der Waals surface area contributed by atoms with Gasteiger partial charge in [-0.15, -0.1) is 0 Å². The number of nitrogens with zero attached hydrogens (tertiary/aromatic N) is 3. The average molecular weight is 567 g/mol. The Balaban J connectivity index is 1.45. The molecule has 1 saturated heterocycles. The number of amides is 1. The minimum absolute atomic E-state index is 0.126. The second-order valence-corrected chi connectivity index (χ2v) is 12.7. The number of ether oxygens (including phenoxy) is 2. The monoisotopic (exact) mass is 566 g/mol. The molecule has 0 radical (unpaired) electrons. The predicted molar refractivity (Wildman–Crippen MR) is 132 cm³/mol. The van der Waals surface area contributed by atoms with E-state index in [1.165, 1.54) is 23.1 Å². The molecule has 210 valence electrons. The zero-order valence-corrected chi connectivity index (χ0v) is 22.1. The minimum atomic E-state index is -4.93. The van der Waals surface area contributed by atoms with E-state index < -0.39 is 55.2 Å². The van der Waals surface area contributed by atoms with Crippen LogP contribution in [-0.2, 0) is 37.3 Å². The van der Waals surface area contributed by atoms with Crippen LogP contribution >= 0.6 is 0 Å². The lowest BCUT2D eigenvalue weighted by molar-refractivity contribution is -0.140. The number of nitriles is 1. The maximum atomic E-state index is 14.2. The van der Waals surface area contributed by atoms with E-state index in [1.54, 1.807) is 7.05 Å². The van der Waals surface area contributed by atoms with E-state index >= 15 is 0 Å². The number of benzene rings is 1. The number of rotatable bonds is 7. The first-order chi connectivity index (χ1) is 18.4. The second kappa shape index (κ2) is 10.2. The zero-order chi connectivity index (χ0) is 28.0. The van der Waals surface area contributed by atoms with Crippen molar-refractivity contribution in [2.45, 2.75) is 72.6 Å². The zero-order valence-electron chi connectivity index (χ0n) is 21.3. The van der Waals surface area contributed by atoms with Crippen molar-refractivity contribution in [2.75, 3.05) is 13.2 Å². The Kier molecular flexibility index (Phi) is 7.24. The van der Waals surface area contributed by atoms with Crippen LogP contribution in [0.25, 0.3) is 11.1 Å². The fraction of sp³-hybridized carbons (Fsp3) is 0.577. The Bertz CT molecular complexity index is 1390. The summed E-state index contributed by atoms with van der Waals surface area (Å²) in [7, 11) is -2.89. The fourth-order valence-electron chi connectivity index (χ4n) is 5.34. The molecule has 1 amide bonds. The van der Waals surface area contributed by atoms with Gasteiger partial charge in [0.2, 0.25) is 5.91 Å². The van der Waals surface area contributed by atoms with Crippen molar-refractivity contribution in [3.05, 3.63) is 36.2 Å². The van der Waals surface area contributed by atoms with Gasteiger partial charge in [-0.3, -0.25) is 9.48 Å². The number of carbonyl (C=O) groups is 1. The number of aromatic nitrogens is 2. The van der Waals surface area contributed by atoms with Crippen LogP contribution in [0.3, 0.4) is 0 Å². The van der Waals surface area contributed by atoms with E-state index in [9.17, 15) is 31.6 Å². The number of sulfone groups is 1. The van der Waals surface area contributed by atoms with Gasteiger partial charge in [0.15, 0.2) is 9.84 Å². The standard InChI is InChI=1S/C26H29F3N4O5S/c1-33-14-17(13-31-33)16-2-3-23(21(10-16)26(27,28)29)39(35,36)19-11-20(24(34)32-25(15-30)6-7-25)22(12-19)38-18-4-8-37-9-5-18/h2-3,10,13-14,18-20,22H,4-9,11-12H2,1H3,(H,32,34). The molecular weight excluding hydrogens is 537 g/mol. The van der Waals surface area contributed by atoms with E-state index in [-0.39, 0.29) is 24.5 Å². The lowest BCUT2D eigenvalue weighted by Gasteiger charge is -2.28. The highest BCUT2D eigenvalue weighted by Crippen LogP contribution is 2.43. The number of hydrogen-bond donors (Lipinski definition) is 1. The summed E-state index contributed by atoms with van der Waals surface area (Å²) in [5, 5.41) is 14.8. The molecule has 2 aliphatic carbocycles. The highest BCUT2D eigenvalue weighted by Gasteiger charge is 2.51. The molecule has 3 aliphatic rings. The Morgan fingerprint density at radius 3 is 2.54 bits per heavy atom. The number of hydrogen-bond acceptors (Lipinski definition) is 7. The number of nitrogens with one attached hydrogen (secondary N) is 1. The molecule has 2 heterocycles. The number of aryl methyl sites for hydroxylation is 1. The molecule has 3 unspecified atom stereocenters. The summed E-state index contributed by atoms with van der Waals surface area (Å²) in [6, 6.07) is 5.21. The topological polar surface area (TPSA) is 123 Å². The molecule has 0 spiro atoms. The van der Waals surface area contributed by atoms with Gasteiger partial charge in [-0.2, -0.15) is 23.5 Å². The van der Waals surface area contributed by atoms with Crippen molar-refractivity contribution in [1.82, 2.24) is 15.1 Å². The van der Waals surface area contributed by atoms with Crippen LogP contribution in [-0.4, -0.2) is 60.3 Å². The minimum Gasteiger partial charge on any atom is -0.381 e. The van der Waals surface area contributed by atoms with Crippen molar-refractivity contribution >= 4 is 15.7 Å². The van der Waals surface area contributed by atoms with Gasteiger partial charge in [-0.25, -0.2) is 8.42 Å². The van der Waals surface area contributed by atoms with Crippen molar-refractivity contribution in [2.24, 2.45) is 13.0 Å². The summed E-state index contributed by atoms with van der Waals surface area (Å²) in [5.41, 5.74) is -1.63. The largest absolute Gasteiger partial charge is 0.417 e. The summed E-state index contributed by atoms with van der Waals surface area (Å²) in [5.74, 6) is -1.42. The van der Waals surface area contributed by atoms with E-state index in [0.717, 1.165) is 12.1 Å². The smallest absolute Gasteiger partial charge is 0.381 e. The summed E-state index contributed by atoms with van der Waals surface area (Å²) in [6.45, 7) is 0.928. The van der Waals surface area contributed by atoms with E-state index in [1.807, 2.05) is 0 Å². The normalized spacial score (nSPS) is 25.3. The molecule has 0 bridgehead atoms. The van der Waals surface area contributed by atoms with Gasteiger partial charge in [0.25, 0.3) is 0 Å². The molecule has 5 rings (SSSR count). The maximum absolute atomic E-state index is 14.2. The van der Waals surface area contributed by atoms with Crippen LogP contribution in [0.15, 0.2) is 35.5 Å². The first-order valence-corrected chi connectivity index (χ1v) is 14.4. The van der Waals surface area contributed by atoms with Gasteiger partial charge in [-0.1, -0.05) is 6.07 Å². The highest BCUT2D eigenvalue weighted by atomic mass is 32.2. The molecule has 2 aromatic rings. The Hall–Kier alpha value is -2.95. The highest BCUT2D eigenvalue weighted by molar-refractivity contribution is 7.92. The summed E-state index contributed by atoms with van der Waals surface area (Å²) >= 11 is 0. The molecule has 9 nitrogen and oxygen atoms in total. The molecule has 3 atom stereocenters. The first-order valence-electron chi connectivity index (χ1n) is 12.8. The Morgan fingerprint density at radius 1 is 1.23 bits per heavy atom. The van der Waals surface area contributed by atoms with Crippen molar-refractivity contribution in [3.63, 3.8) is 0 Å². The lowest BCUT2D eigenvalue weighted by atomic mass is 10.0. The van der Waals surface area contributed by atoms with E-state index in [0.29, 0.717) is 44.5 Å². The van der Waals surface area contributed by atoms with Crippen LogP contribution < -0.4 is 5.32 Å². The Morgan fingerprint density at radius 2 is 1.95 bits per heavy atom. The van der Waals surface area contributed by atoms with Gasteiger partial charge in [-0.05, 0) is 56.2 Å². The van der Waals surface area contributed by atoms with Crippen molar-refractivity contribution in [1.29, 1.82) is 5.26 Å². The van der Waals surface area contributed by atoms with Crippen LogP contribution in [0.5, 0.6) is 0 Å². The quantitative estimate of drug-likeness (QED) is 0.545. The molecule has 39 heavy (non-hydrogen) atoms. The van der Waals surface area contributed by atoms with Crippen molar-refractivity contribution in [3.8, 4) is 17.2 Å². The van der Waals surface area contributed by atoms with E-state index in [4.69, 9.17) is 9.47 Å². The molecule has 3 fully saturated rings. The van der Waals surface area contributed by atoms with Gasteiger partial charge >= 0.3 is 6.18 Å². The average Bonchev–Trinajstić information content (AvgIpc) is 3.31. The van der Waals surface area contributed by atoms with E-state index in [2.05, 4.69) is 16.5 Å². The van der Waals surface area contributed by atoms with Crippen LogP contribution in [0.1, 0.15) is 44.1 Å². The SMILES string of the molecule is Cn1cc(-c2ccc(S(=O)(=O)C3CC(OC4CCOCC4)C(C(=O)NC4(C#N)CC4)C3)c(C(F)(F)F)c2)cn1. The summed E-state index contributed by atoms with van der Waals surface area (Å²) in [4.78, 5) is 12.4. The molecule has 2 saturated carbocycles. The van der Waals surface area contributed by atoms with Crippen LogP contribution in [0.4, 0.5) is 13.2 Å². The maximum Gasteiger partial charge on any atom is 0.417 e. The van der Waals surface area contributed by atoms with Gasteiger partial charge in [0.05, 0.1) is 46.1 Å². The van der Waals surface area contributed by atoms with Crippen molar-refractivity contribution < 1.29 is 35.9 Å². The third-order valence-corrected chi connectivity index (χ3v) is 9.96. The lowest BCUT2D eigenvalue weighted by Crippen LogP contribution is -2.43. The molecule has 1 N–H and O–H groups in total. The summed E-state index contributed by atoms with van der Waals surface area (Å²) < 4.78 is 82.9. The molecule has 13 heteroatoms. The third-order valence-electron chi connectivity index (χ3n) is 7.73. The van der Waals surface area contributed by atoms with Gasteiger partial charge < -0.3 is 14.8 Å². The second-order valence-electron chi connectivity index (χ2n) is 10.5. The first kappa shape index (κ1) is 27.6. The molecule has 1 aliphatic heterocycles. The Labute approximate surface area is 224 Å². The van der Waals surface area contributed by atoms with Crippen LogP contribution in [0.2, 0.25) is 0 Å². The molecule has 1 aromatic heterocycles. The predicted octanol–water partition coefficient (Wildman–Crippen LogP) is 3.39. The number of alkyl halides is 3. The third kappa shape index (κ3) is 5.69. The van der Waals surface area contributed by atoms with Gasteiger partial charge in [0.1, 0.15) is 5.54 Å². The summed E-state index contributed by atoms with van der Waals surface area (Å²) in [6.07, 6.45) is -1.27. The molecular formula is C26H29F3N4O5S.